The van der Waals surface area contributed by atoms with Gasteiger partial charge in [0, 0.05) is 5.97 Å². The normalized spacial score (nSPS) is 8.56. The van der Waals surface area contributed by atoms with E-state index < -0.39 is 5.97 Å². The van der Waals surface area contributed by atoms with Crippen LogP contribution in [-0.2, 0) is 4.79 Å². The van der Waals surface area contributed by atoms with Gasteiger partial charge in [0.2, 0.25) is 0 Å². The quantitative estimate of drug-likeness (QED) is 0.582. The zero-order valence-electron chi connectivity index (χ0n) is 9.64. The van der Waals surface area contributed by atoms with Crippen LogP contribution in [0.15, 0.2) is 48.5 Å². The van der Waals surface area contributed by atoms with Crippen molar-refractivity contribution in [3.63, 3.8) is 0 Å². The molecule has 2 aromatic carbocycles. The summed E-state index contributed by atoms with van der Waals surface area (Å²) in [6, 6.07) is 16.7. The van der Waals surface area contributed by atoms with Crippen LogP contribution in [0.25, 0.3) is 10.8 Å². The molecule has 3 heteroatoms. The van der Waals surface area contributed by atoms with E-state index in [0.29, 0.717) is 0 Å². The van der Waals surface area contributed by atoms with Crippen molar-refractivity contribution in [1.29, 1.82) is 0 Å². The molecule has 2 aromatic rings. The van der Waals surface area contributed by atoms with Crippen molar-refractivity contribution < 1.29 is 39.5 Å². The topological polar surface area (TPSA) is 40.1 Å². The minimum absolute atomic E-state index is 0. The summed E-state index contributed by atoms with van der Waals surface area (Å²) >= 11 is 0. The minimum Gasteiger partial charge on any atom is -0.550 e. The van der Waals surface area contributed by atoms with Gasteiger partial charge in [0.25, 0.3) is 0 Å². The molecule has 0 unspecified atom stereocenters. The number of rotatable bonds is 1. The Morgan fingerprint density at radius 3 is 1.44 bits per heavy atom. The minimum atomic E-state index is -0.995. The van der Waals surface area contributed by atoms with Crippen LogP contribution in [-0.4, -0.2) is 5.97 Å². The third-order valence-electron chi connectivity index (χ3n) is 1.95. The molecule has 0 aliphatic rings. The fourth-order valence-electron chi connectivity index (χ4n) is 1.13. The van der Waals surface area contributed by atoms with Gasteiger partial charge in [-0.1, -0.05) is 55.5 Å². The molecule has 2 nitrogen and oxygen atoms in total. The van der Waals surface area contributed by atoms with Crippen LogP contribution < -0.4 is 34.7 Å². The van der Waals surface area contributed by atoms with Crippen molar-refractivity contribution in [2.24, 2.45) is 0 Å². The zero-order valence-corrected chi connectivity index (χ0v) is 11.6. The number of hydrogen-bond donors (Lipinski definition) is 0. The molecule has 0 bridgehead atoms. The molecule has 0 saturated carbocycles. The number of hydrogen-bond acceptors (Lipinski definition) is 2. The van der Waals surface area contributed by atoms with Crippen LogP contribution >= 0.6 is 0 Å². The maximum atomic E-state index is 9.26. The van der Waals surface area contributed by atoms with E-state index in [1.807, 2.05) is 0 Å². The van der Waals surface area contributed by atoms with Gasteiger partial charge in [0.15, 0.2) is 0 Å². The Balaban J connectivity index is 0.000000330. The van der Waals surface area contributed by atoms with E-state index in [9.17, 15) is 9.90 Å². The maximum Gasteiger partial charge on any atom is 1.00 e. The monoisotopic (exact) mass is 224 g/mol. The van der Waals surface area contributed by atoms with Gasteiger partial charge in [-0.15, -0.1) is 0 Å². The largest absolute Gasteiger partial charge is 1.00 e. The molecule has 0 fully saturated rings. The Morgan fingerprint density at radius 1 is 1.00 bits per heavy atom. The Morgan fingerprint density at radius 2 is 1.25 bits per heavy atom. The summed E-state index contributed by atoms with van der Waals surface area (Å²) in [6.45, 7) is 1.54. The van der Waals surface area contributed by atoms with Gasteiger partial charge >= 0.3 is 29.6 Å². The average molecular weight is 224 g/mol. The first kappa shape index (κ1) is 15.2. The van der Waals surface area contributed by atoms with Gasteiger partial charge in [-0.05, 0) is 17.2 Å². The van der Waals surface area contributed by atoms with Gasteiger partial charge in [0.05, 0.1) is 0 Å². The first-order valence-electron chi connectivity index (χ1n) is 4.87. The van der Waals surface area contributed by atoms with Gasteiger partial charge in [0.1, 0.15) is 0 Å². The Bertz CT molecular complexity index is 375. The van der Waals surface area contributed by atoms with Crippen LogP contribution in [0.3, 0.4) is 0 Å². The second-order valence-electron chi connectivity index (χ2n) is 3.07. The number of carboxylic acids is 1. The van der Waals surface area contributed by atoms with E-state index in [-0.39, 0.29) is 36.0 Å². The number of benzene rings is 2. The van der Waals surface area contributed by atoms with Gasteiger partial charge in [-0.3, -0.25) is 0 Å². The molecule has 0 heterocycles. The Kier molecular flexibility index (Phi) is 7.90. The van der Waals surface area contributed by atoms with E-state index in [1.54, 1.807) is 0 Å². The van der Waals surface area contributed by atoms with Crippen LogP contribution in [0.2, 0.25) is 0 Å². The summed E-state index contributed by atoms with van der Waals surface area (Å²) in [7, 11) is 0. The van der Waals surface area contributed by atoms with Gasteiger partial charge in [-0.25, -0.2) is 0 Å². The molecule has 0 radical (unpaired) electrons. The Labute approximate surface area is 118 Å². The third-order valence-corrected chi connectivity index (χ3v) is 1.95. The number of carbonyl (C=O) groups excluding carboxylic acids is 1. The van der Waals surface area contributed by atoms with Crippen molar-refractivity contribution in [3.8, 4) is 0 Å². The van der Waals surface area contributed by atoms with Crippen molar-refractivity contribution >= 4 is 16.7 Å². The molecule has 0 aromatic heterocycles. The molecular formula is C13H13NaO2. The molecule has 2 rings (SSSR count). The summed E-state index contributed by atoms with van der Waals surface area (Å²) in [4.78, 5) is 9.26. The first-order chi connectivity index (χ1) is 7.24. The van der Waals surface area contributed by atoms with Crippen LogP contribution in [0.1, 0.15) is 13.3 Å². The smallest absolute Gasteiger partial charge is 0.550 e. The summed E-state index contributed by atoms with van der Waals surface area (Å²) in [5.41, 5.74) is 0. The molecule has 78 valence electrons. The molecule has 0 saturated heterocycles. The average Bonchev–Trinajstić information content (AvgIpc) is 2.30. The molecule has 0 spiro atoms. The summed E-state index contributed by atoms with van der Waals surface area (Å²) < 4.78 is 0. The van der Waals surface area contributed by atoms with Crippen LogP contribution in [0, 0.1) is 0 Å². The second kappa shape index (κ2) is 8.34. The number of fused-ring (bicyclic) bond motifs is 1. The van der Waals surface area contributed by atoms with E-state index in [0.717, 1.165) is 0 Å². The summed E-state index contributed by atoms with van der Waals surface area (Å²) in [5, 5.41) is 11.9. The number of carbonyl (C=O) groups is 1. The standard InChI is InChI=1S/C10H8.C3H6O2.Na/c1-2-6-10-8-4-3-7-9(10)5-1;1-2-3(4)5;/h1-8H;2H2,1H3,(H,4,5);/q;;+1/p-1. The zero-order chi connectivity index (χ0) is 11.1. The molecule has 0 amide bonds. The predicted molar refractivity (Wildman–Crippen MR) is 59.2 cm³/mol. The van der Waals surface area contributed by atoms with Crippen molar-refractivity contribution in [1.82, 2.24) is 0 Å². The fourth-order valence-corrected chi connectivity index (χ4v) is 1.13. The molecule has 16 heavy (non-hydrogen) atoms. The van der Waals surface area contributed by atoms with E-state index in [4.69, 9.17) is 0 Å². The van der Waals surface area contributed by atoms with Crippen molar-refractivity contribution in [2.75, 3.05) is 0 Å². The summed E-state index contributed by atoms with van der Waals surface area (Å²) in [6.07, 6.45) is 0.111. The van der Waals surface area contributed by atoms with E-state index in [1.165, 1.54) is 17.7 Å². The molecule has 0 aliphatic heterocycles. The number of carboxylic acid groups (broad SMARTS) is 1. The maximum absolute atomic E-state index is 9.26. The predicted octanol–water partition coefficient (Wildman–Crippen LogP) is -1.01. The van der Waals surface area contributed by atoms with Gasteiger partial charge < -0.3 is 9.90 Å². The SMILES string of the molecule is CCC(=O)[O-].[Na+].c1ccc2ccccc2c1. The van der Waals surface area contributed by atoms with Crippen molar-refractivity contribution in [3.05, 3.63) is 48.5 Å². The Hall–Kier alpha value is -0.830. The molecule has 0 atom stereocenters. The first-order valence-corrected chi connectivity index (χ1v) is 4.87. The fraction of sp³-hybridized carbons (Fsp3) is 0.154. The van der Waals surface area contributed by atoms with E-state index >= 15 is 0 Å². The summed E-state index contributed by atoms with van der Waals surface area (Å²) in [5.74, 6) is -0.995. The third kappa shape index (κ3) is 5.31. The van der Waals surface area contributed by atoms with Crippen LogP contribution in [0.5, 0.6) is 0 Å². The second-order valence-corrected chi connectivity index (χ2v) is 3.07. The molecular weight excluding hydrogens is 211 g/mol. The van der Waals surface area contributed by atoms with E-state index in [2.05, 4.69) is 48.5 Å². The molecule has 0 N–H and O–H groups in total. The number of aliphatic carboxylic acids is 1. The van der Waals surface area contributed by atoms with Crippen molar-refractivity contribution in [2.45, 2.75) is 13.3 Å². The van der Waals surface area contributed by atoms with Crippen LogP contribution in [0.4, 0.5) is 0 Å². The van der Waals surface area contributed by atoms with Gasteiger partial charge in [-0.2, -0.15) is 0 Å². The molecule has 0 aliphatic carbocycles.